The SMILES string of the molecule is COC(=O)c1ccc(NCc2ccc(Br)cc2OC)nc1OC. The molecule has 1 heterocycles. The second-order valence-corrected chi connectivity index (χ2v) is 5.47. The highest BCUT2D eigenvalue weighted by Crippen LogP contribution is 2.25. The minimum absolute atomic E-state index is 0.213. The van der Waals surface area contributed by atoms with Crippen molar-refractivity contribution in [3.8, 4) is 11.6 Å². The standard InChI is InChI=1S/C16H17BrN2O4/c1-21-13-8-11(17)5-4-10(13)9-18-14-7-6-12(16(20)23-3)15(19-14)22-2/h4-8H,9H2,1-3H3,(H,18,19). The number of anilines is 1. The molecule has 1 aromatic heterocycles. The van der Waals surface area contributed by atoms with Crippen LogP contribution in [0, 0.1) is 0 Å². The molecule has 2 aromatic rings. The summed E-state index contributed by atoms with van der Waals surface area (Å²) in [6.45, 7) is 0.518. The van der Waals surface area contributed by atoms with Gasteiger partial charge in [0.1, 0.15) is 17.1 Å². The lowest BCUT2D eigenvalue weighted by atomic mass is 10.2. The highest BCUT2D eigenvalue weighted by molar-refractivity contribution is 9.10. The molecule has 0 bridgehead atoms. The molecular formula is C16H17BrN2O4. The van der Waals surface area contributed by atoms with Crippen molar-refractivity contribution < 1.29 is 19.0 Å². The van der Waals surface area contributed by atoms with Gasteiger partial charge < -0.3 is 19.5 Å². The molecule has 0 atom stereocenters. The zero-order valence-electron chi connectivity index (χ0n) is 13.1. The number of carbonyl (C=O) groups excluding carboxylic acids is 1. The highest BCUT2D eigenvalue weighted by atomic mass is 79.9. The number of carbonyl (C=O) groups is 1. The number of nitrogens with one attached hydrogen (secondary N) is 1. The molecule has 0 radical (unpaired) electrons. The molecule has 0 amide bonds. The Morgan fingerprint density at radius 3 is 2.61 bits per heavy atom. The van der Waals surface area contributed by atoms with Gasteiger partial charge in [-0.25, -0.2) is 4.79 Å². The van der Waals surface area contributed by atoms with E-state index in [9.17, 15) is 4.79 Å². The number of hydrogen-bond acceptors (Lipinski definition) is 6. The smallest absolute Gasteiger partial charge is 0.343 e. The van der Waals surface area contributed by atoms with Crippen LogP contribution in [0.3, 0.4) is 0 Å². The number of rotatable bonds is 6. The number of benzene rings is 1. The van der Waals surface area contributed by atoms with E-state index < -0.39 is 5.97 Å². The van der Waals surface area contributed by atoms with Crippen LogP contribution in [-0.4, -0.2) is 32.3 Å². The second kappa shape index (κ2) is 7.82. The first-order valence-corrected chi connectivity index (χ1v) is 7.58. The number of aromatic nitrogens is 1. The van der Waals surface area contributed by atoms with Crippen LogP contribution in [0.25, 0.3) is 0 Å². The van der Waals surface area contributed by atoms with Crippen LogP contribution in [0.4, 0.5) is 5.82 Å². The van der Waals surface area contributed by atoms with E-state index in [0.29, 0.717) is 12.4 Å². The highest BCUT2D eigenvalue weighted by Gasteiger charge is 2.14. The lowest BCUT2D eigenvalue weighted by Crippen LogP contribution is -2.08. The average molecular weight is 381 g/mol. The summed E-state index contributed by atoms with van der Waals surface area (Å²) in [6.07, 6.45) is 0. The van der Waals surface area contributed by atoms with Crippen molar-refractivity contribution in [2.45, 2.75) is 6.54 Å². The minimum Gasteiger partial charge on any atom is -0.496 e. The van der Waals surface area contributed by atoms with Gasteiger partial charge in [0.25, 0.3) is 0 Å². The van der Waals surface area contributed by atoms with E-state index in [1.165, 1.54) is 14.2 Å². The van der Waals surface area contributed by atoms with E-state index in [4.69, 9.17) is 9.47 Å². The normalized spacial score (nSPS) is 10.1. The largest absolute Gasteiger partial charge is 0.496 e. The third kappa shape index (κ3) is 4.13. The van der Waals surface area contributed by atoms with Crippen LogP contribution in [0.15, 0.2) is 34.8 Å². The van der Waals surface area contributed by atoms with Gasteiger partial charge in [-0.15, -0.1) is 0 Å². The Balaban J connectivity index is 2.16. The van der Waals surface area contributed by atoms with Crippen molar-refractivity contribution in [3.63, 3.8) is 0 Å². The zero-order chi connectivity index (χ0) is 16.8. The molecule has 0 unspecified atom stereocenters. The van der Waals surface area contributed by atoms with Crippen LogP contribution < -0.4 is 14.8 Å². The minimum atomic E-state index is -0.490. The molecule has 6 nitrogen and oxygen atoms in total. The summed E-state index contributed by atoms with van der Waals surface area (Å²) in [4.78, 5) is 15.9. The average Bonchev–Trinajstić information content (AvgIpc) is 2.59. The summed E-state index contributed by atoms with van der Waals surface area (Å²) in [6, 6.07) is 9.09. The van der Waals surface area contributed by atoms with Crippen molar-refractivity contribution in [1.29, 1.82) is 0 Å². The van der Waals surface area contributed by atoms with Gasteiger partial charge in [-0.3, -0.25) is 0 Å². The predicted octanol–water partition coefficient (Wildman–Crippen LogP) is 3.26. The van der Waals surface area contributed by atoms with Gasteiger partial charge in [0.2, 0.25) is 5.88 Å². The summed E-state index contributed by atoms with van der Waals surface area (Å²) in [5.41, 5.74) is 1.26. The molecule has 1 N–H and O–H groups in total. The zero-order valence-corrected chi connectivity index (χ0v) is 14.6. The number of methoxy groups -OCH3 is 3. The van der Waals surface area contributed by atoms with Gasteiger partial charge in [-0.05, 0) is 24.3 Å². The van der Waals surface area contributed by atoms with Crippen molar-refractivity contribution in [3.05, 3.63) is 45.9 Å². The summed E-state index contributed by atoms with van der Waals surface area (Å²) < 4.78 is 16.1. The fourth-order valence-corrected chi connectivity index (χ4v) is 2.35. The molecule has 1 aromatic carbocycles. The van der Waals surface area contributed by atoms with Crippen molar-refractivity contribution in [2.24, 2.45) is 0 Å². The van der Waals surface area contributed by atoms with E-state index in [0.717, 1.165) is 15.8 Å². The first-order valence-electron chi connectivity index (χ1n) is 6.78. The van der Waals surface area contributed by atoms with Crippen molar-refractivity contribution in [1.82, 2.24) is 4.98 Å². The van der Waals surface area contributed by atoms with E-state index in [1.807, 2.05) is 18.2 Å². The molecule has 7 heteroatoms. The van der Waals surface area contributed by atoms with Gasteiger partial charge in [0, 0.05) is 16.6 Å². The number of ether oxygens (including phenoxy) is 3. The predicted molar refractivity (Wildman–Crippen MR) is 90.1 cm³/mol. The van der Waals surface area contributed by atoms with Gasteiger partial charge in [-0.1, -0.05) is 22.0 Å². The Kier molecular flexibility index (Phi) is 5.81. The molecule has 122 valence electrons. The number of pyridine rings is 1. The molecule has 0 saturated heterocycles. The number of hydrogen-bond donors (Lipinski definition) is 1. The number of esters is 1. The van der Waals surface area contributed by atoms with E-state index in [-0.39, 0.29) is 11.4 Å². The summed E-state index contributed by atoms with van der Waals surface area (Å²) in [5.74, 6) is 1.07. The number of halogens is 1. The Morgan fingerprint density at radius 1 is 1.17 bits per heavy atom. The summed E-state index contributed by atoms with van der Waals surface area (Å²) in [5, 5.41) is 3.18. The van der Waals surface area contributed by atoms with Gasteiger partial charge in [-0.2, -0.15) is 4.98 Å². The fourth-order valence-electron chi connectivity index (χ4n) is 2.01. The molecular weight excluding hydrogens is 364 g/mol. The van der Waals surface area contributed by atoms with Crippen LogP contribution in [0.1, 0.15) is 15.9 Å². The van der Waals surface area contributed by atoms with E-state index in [2.05, 4.69) is 31.0 Å². The first kappa shape index (κ1) is 17.1. The Hall–Kier alpha value is -2.28. The van der Waals surface area contributed by atoms with Crippen LogP contribution >= 0.6 is 15.9 Å². The maximum atomic E-state index is 11.6. The molecule has 2 rings (SSSR count). The molecule has 23 heavy (non-hydrogen) atoms. The molecule has 0 aliphatic carbocycles. The molecule has 0 spiro atoms. The Morgan fingerprint density at radius 2 is 1.96 bits per heavy atom. The summed E-state index contributed by atoms with van der Waals surface area (Å²) >= 11 is 3.41. The molecule has 0 saturated carbocycles. The van der Waals surface area contributed by atoms with Gasteiger partial charge in [0.15, 0.2) is 0 Å². The van der Waals surface area contributed by atoms with Crippen LogP contribution in [-0.2, 0) is 11.3 Å². The topological polar surface area (TPSA) is 69.7 Å². The monoisotopic (exact) mass is 380 g/mol. The third-order valence-electron chi connectivity index (χ3n) is 3.17. The Labute approximate surface area is 142 Å². The maximum Gasteiger partial charge on any atom is 0.343 e. The number of nitrogens with zero attached hydrogens (tertiary/aromatic N) is 1. The van der Waals surface area contributed by atoms with Gasteiger partial charge in [0.05, 0.1) is 21.3 Å². The third-order valence-corrected chi connectivity index (χ3v) is 3.66. The molecule has 0 aliphatic rings. The maximum absolute atomic E-state index is 11.6. The lowest BCUT2D eigenvalue weighted by molar-refractivity contribution is 0.0596. The quantitative estimate of drug-likeness (QED) is 0.775. The fraction of sp³-hybridized carbons (Fsp3) is 0.250. The van der Waals surface area contributed by atoms with Crippen molar-refractivity contribution in [2.75, 3.05) is 26.6 Å². The van der Waals surface area contributed by atoms with E-state index >= 15 is 0 Å². The summed E-state index contributed by atoms with van der Waals surface area (Å²) in [7, 11) is 4.39. The lowest BCUT2D eigenvalue weighted by Gasteiger charge is -2.12. The first-order chi connectivity index (χ1) is 11.1. The van der Waals surface area contributed by atoms with Gasteiger partial charge >= 0.3 is 5.97 Å². The molecule has 0 fully saturated rings. The second-order valence-electron chi connectivity index (χ2n) is 4.55. The van der Waals surface area contributed by atoms with Crippen LogP contribution in [0.2, 0.25) is 0 Å². The molecule has 0 aliphatic heterocycles. The van der Waals surface area contributed by atoms with E-state index in [1.54, 1.807) is 19.2 Å². The Bertz CT molecular complexity index is 706. The van der Waals surface area contributed by atoms with Crippen molar-refractivity contribution >= 4 is 27.7 Å². The van der Waals surface area contributed by atoms with Crippen LogP contribution in [0.5, 0.6) is 11.6 Å².